The van der Waals surface area contributed by atoms with Crippen molar-refractivity contribution < 1.29 is 63.5 Å². The zero-order valence-corrected chi connectivity index (χ0v) is 34.9. The minimum absolute atomic E-state index is 0.0163. The third-order valence-corrected chi connectivity index (χ3v) is 17.2. The highest BCUT2D eigenvalue weighted by molar-refractivity contribution is 5.78. The first kappa shape index (κ1) is 42.4. The van der Waals surface area contributed by atoms with Crippen LogP contribution in [0.4, 0.5) is 0 Å². The van der Waals surface area contributed by atoms with Crippen molar-refractivity contribution in [1.82, 2.24) is 0 Å². The number of hydrogen-bond acceptors (Lipinski definition) is 13. The van der Waals surface area contributed by atoms with Gasteiger partial charge in [0.2, 0.25) is 0 Å². The van der Waals surface area contributed by atoms with Gasteiger partial charge in [0, 0.05) is 0 Å². The van der Waals surface area contributed by atoms with E-state index in [0.717, 1.165) is 64.9 Å². The number of rotatable bonds is 6. The van der Waals surface area contributed by atoms with Gasteiger partial charge in [0.15, 0.2) is 18.7 Å². The Morgan fingerprint density at radius 2 is 1.45 bits per heavy atom. The molecule has 2 saturated heterocycles. The van der Waals surface area contributed by atoms with Crippen LogP contribution in [0.25, 0.3) is 0 Å². The van der Waals surface area contributed by atoms with Crippen LogP contribution < -0.4 is 0 Å². The molecule has 13 heteroatoms. The largest absolute Gasteiger partial charge is 0.469 e. The van der Waals surface area contributed by atoms with E-state index in [2.05, 4.69) is 54.5 Å². The summed E-state index contributed by atoms with van der Waals surface area (Å²) in [5.74, 6) is -0.109. The van der Waals surface area contributed by atoms with Gasteiger partial charge in [-0.15, -0.1) is 0 Å². The van der Waals surface area contributed by atoms with Crippen molar-refractivity contribution in [3.8, 4) is 0 Å². The summed E-state index contributed by atoms with van der Waals surface area (Å²) < 4.78 is 34.3. The van der Waals surface area contributed by atoms with Gasteiger partial charge in [-0.05, 0) is 109 Å². The number of aliphatic hydroxyl groups excluding tert-OH is 5. The Labute approximate surface area is 331 Å². The molecule has 0 amide bonds. The number of esters is 2. The Balaban J connectivity index is 1.14. The van der Waals surface area contributed by atoms with Gasteiger partial charge in [-0.3, -0.25) is 4.79 Å². The Hall–Kier alpha value is -1.68. The fraction of sp³-hybridized carbons (Fsp3) is 0.907. The van der Waals surface area contributed by atoms with Crippen LogP contribution in [0, 0.1) is 50.2 Å². The summed E-state index contributed by atoms with van der Waals surface area (Å²) in [6.07, 6.45) is -2.62. The molecule has 56 heavy (non-hydrogen) atoms. The average Bonchev–Trinajstić information content (AvgIpc) is 3.14. The first-order chi connectivity index (χ1) is 26.1. The second-order valence-corrected chi connectivity index (χ2v) is 20.6. The molecule has 318 valence electrons. The quantitative estimate of drug-likeness (QED) is 0.149. The highest BCUT2D eigenvalue weighted by Crippen LogP contribution is 2.76. The molecule has 17 atom stereocenters. The van der Waals surface area contributed by atoms with Crippen LogP contribution in [0.3, 0.4) is 0 Å². The predicted octanol–water partition coefficient (Wildman–Crippen LogP) is 3.79. The fourth-order valence-corrected chi connectivity index (χ4v) is 13.7. The van der Waals surface area contributed by atoms with Crippen LogP contribution in [0.1, 0.15) is 113 Å². The number of fused-ring (bicyclic) bond motifs is 7. The van der Waals surface area contributed by atoms with Gasteiger partial charge >= 0.3 is 11.9 Å². The van der Waals surface area contributed by atoms with Gasteiger partial charge < -0.3 is 54.0 Å². The molecule has 2 aliphatic heterocycles. The molecule has 5 aliphatic carbocycles. The van der Waals surface area contributed by atoms with Crippen LogP contribution in [0.5, 0.6) is 0 Å². The maximum atomic E-state index is 13.6. The van der Waals surface area contributed by atoms with Crippen molar-refractivity contribution in [2.45, 2.75) is 174 Å². The predicted molar refractivity (Wildman–Crippen MR) is 201 cm³/mol. The Morgan fingerprint density at radius 1 is 0.750 bits per heavy atom. The van der Waals surface area contributed by atoms with Crippen molar-refractivity contribution in [2.24, 2.45) is 50.2 Å². The van der Waals surface area contributed by atoms with Crippen LogP contribution >= 0.6 is 0 Å². The second kappa shape index (κ2) is 14.5. The molecule has 13 nitrogen and oxygen atoms in total. The van der Waals surface area contributed by atoms with Gasteiger partial charge in [0.1, 0.15) is 36.6 Å². The van der Waals surface area contributed by atoms with E-state index in [4.69, 9.17) is 28.4 Å². The summed E-state index contributed by atoms with van der Waals surface area (Å²) in [5, 5.41) is 53.5. The minimum Gasteiger partial charge on any atom is -0.469 e. The maximum Gasteiger partial charge on any atom is 0.337 e. The van der Waals surface area contributed by atoms with E-state index in [-0.39, 0.29) is 46.1 Å². The Kier molecular flexibility index (Phi) is 11.0. The average molecular weight is 793 g/mol. The molecule has 0 radical (unpaired) electrons. The van der Waals surface area contributed by atoms with Crippen LogP contribution in [0.15, 0.2) is 11.6 Å². The number of carbonyl (C=O) groups is 2. The summed E-state index contributed by atoms with van der Waals surface area (Å²) in [6.45, 7) is 16.3. The van der Waals surface area contributed by atoms with E-state index in [1.54, 1.807) is 7.11 Å². The molecular weight excluding hydrogens is 724 g/mol. The lowest BCUT2D eigenvalue weighted by molar-refractivity contribution is -0.357. The van der Waals surface area contributed by atoms with Crippen molar-refractivity contribution in [3.63, 3.8) is 0 Å². The van der Waals surface area contributed by atoms with E-state index in [9.17, 15) is 35.1 Å². The third kappa shape index (κ3) is 6.26. The number of methoxy groups -OCH3 is 2. The highest BCUT2D eigenvalue weighted by Gasteiger charge is 2.70. The van der Waals surface area contributed by atoms with Gasteiger partial charge in [0.05, 0.1) is 32.3 Å². The lowest BCUT2D eigenvalue weighted by Crippen LogP contribution is -2.67. The SMILES string of the molecule is COC(=O)[C@H]1O[C@@H](O[C@H]2CC[C@]3(C)[C@H]4CC=C5[C@@H]6CC(C)(C)CC[C@]6(C(=O)OC)CC[C@@]5(C)[C@]4(C)CC[C@H]3C2(C)C)[C@H](O)[C@@H](O[C@@H]2OC[C@@H](O)[C@H](O)[C@H]2O)[C@@H]1O. The molecule has 2 heterocycles. The summed E-state index contributed by atoms with van der Waals surface area (Å²) >= 11 is 0. The van der Waals surface area contributed by atoms with Crippen LogP contribution in [-0.4, -0.2) is 120 Å². The summed E-state index contributed by atoms with van der Waals surface area (Å²) in [5.41, 5.74) is 0.715. The van der Waals surface area contributed by atoms with E-state index >= 15 is 0 Å². The zero-order valence-electron chi connectivity index (χ0n) is 34.9. The molecule has 0 aromatic heterocycles. The summed E-state index contributed by atoms with van der Waals surface area (Å²) in [4.78, 5) is 26.5. The third-order valence-electron chi connectivity index (χ3n) is 17.2. The van der Waals surface area contributed by atoms with Crippen molar-refractivity contribution in [1.29, 1.82) is 0 Å². The molecule has 0 aromatic carbocycles. The molecule has 5 N–H and O–H groups in total. The smallest absolute Gasteiger partial charge is 0.337 e. The topological polar surface area (TPSA) is 191 Å². The minimum atomic E-state index is -1.72. The molecule has 4 saturated carbocycles. The van der Waals surface area contributed by atoms with Crippen molar-refractivity contribution in [2.75, 3.05) is 20.8 Å². The molecule has 0 spiro atoms. The number of ether oxygens (including phenoxy) is 6. The molecule has 0 unspecified atom stereocenters. The molecule has 7 aliphatic rings. The van der Waals surface area contributed by atoms with Crippen LogP contribution in [0.2, 0.25) is 0 Å². The number of allylic oxidation sites excluding steroid dienone is 2. The van der Waals surface area contributed by atoms with E-state index in [0.29, 0.717) is 12.3 Å². The maximum absolute atomic E-state index is 13.6. The fourth-order valence-electron chi connectivity index (χ4n) is 13.7. The van der Waals surface area contributed by atoms with Gasteiger partial charge in [0.25, 0.3) is 0 Å². The first-order valence-corrected chi connectivity index (χ1v) is 21.0. The highest BCUT2D eigenvalue weighted by atomic mass is 16.7. The van der Waals surface area contributed by atoms with Gasteiger partial charge in [-0.2, -0.15) is 0 Å². The molecule has 6 fully saturated rings. The standard InChI is InChI=1S/C43H68O13/c1-38(2)16-18-43(37(50)52-9)19-17-41(6)22(23(43)20-38)10-11-26-40(5)14-13-27(39(3,4)25(40)12-15-42(26,41)7)54-36-31(48)32(30(47)33(56-36)34(49)51-8)55-35-29(46)28(45)24(44)21-53-35/h10,23-33,35-36,44-48H,11-21H2,1-9H3/t23-,24+,25-,26+,27-,28-,29+,30-,31+,32-,33-,35-,36+,40-,41+,42+,43-/m0/s1. The Morgan fingerprint density at radius 3 is 2.12 bits per heavy atom. The number of aliphatic hydroxyl groups is 5. The van der Waals surface area contributed by atoms with Crippen molar-refractivity contribution in [3.05, 3.63) is 11.6 Å². The van der Waals surface area contributed by atoms with E-state index in [1.165, 1.54) is 5.57 Å². The van der Waals surface area contributed by atoms with Gasteiger partial charge in [-0.25, -0.2) is 4.79 Å². The molecular formula is C43H68O13. The Bertz CT molecular complexity index is 1550. The second-order valence-electron chi connectivity index (χ2n) is 20.6. The monoisotopic (exact) mass is 792 g/mol. The first-order valence-electron chi connectivity index (χ1n) is 21.0. The normalized spacial score (nSPS) is 50.9. The lowest BCUT2D eigenvalue weighted by Gasteiger charge is -2.71. The number of hydrogen-bond donors (Lipinski definition) is 5. The summed E-state index contributed by atoms with van der Waals surface area (Å²) in [6, 6.07) is 0. The van der Waals surface area contributed by atoms with Crippen molar-refractivity contribution >= 4 is 11.9 Å². The van der Waals surface area contributed by atoms with E-state index in [1.807, 2.05) is 0 Å². The molecule has 7 rings (SSSR count). The lowest BCUT2D eigenvalue weighted by atomic mass is 9.33. The molecule has 0 bridgehead atoms. The summed E-state index contributed by atoms with van der Waals surface area (Å²) in [7, 11) is 2.70. The van der Waals surface area contributed by atoms with E-state index < -0.39 is 78.2 Å². The number of carbonyl (C=O) groups excluding carboxylic acids is 2. The van der Waals surface area contributed by atoms with Gasteiger partial charge in [-0.1, -0.05) is 60.1 Å². The van der Waals surface area contributed by atoms with Crippen LogP contribution in [-0.2, 0) is 38.0 Å². The zero-order chi connectivity index (χ0) is 41.0. The molecule has 0 aromatic rings.